The van der Waals surface area contributed by atoms with Crippen molar-refractivity contribution in [2.75, 3.05) is 0 Å². The number of rotatable bonds is 3. The van der Waals surface area contributed by atoms with E-state index >= 15 is 0 Å². The van der Waals surface area contributed by atoms with E-state index in [1.54, 1.807) is 12.1 Å². The fraction of sp³-hybridized carbons (Fsp3) is 0. The molecule has 0 amide bonds. The summed E-state index contributed by atoms with van der Waals surface area (Å²) in [6.07, 6.45) is 3.99. The lowest BCUT2D eigenvalue weighted by Crippen LogP contribution is -1.95. The highest BCUT2D eigenvalue weighted by Gasteiger charge is 2.05. The van der Waals surface area contributed by atoms with Crippen molar-refractivity contribution in [2.45, 2.75) is 0 Å². The van der Waals surface area contributed by atoms with Crippen LogP contribution in [0.3, 0.4) is 0 Å². The van der Waals surface area contributed by atoms with E-state index in [0.717, 1.165) is 32.9 Å². The molecule has 0 aliphatic rings. The Morgan fingerprint density at radius 1 is 0.840 bits per heavy atom. The van der Waals surface area contributed by atoms with E-state index in [1.807, 2.05) is 66.7 Å². The molecule has 25 heavy (non-hydrogen) atoms. The van der Waals surface area contributed by atoms with E-state index in [1.165, 1.54) is 0 Å². The number of hydrogen-bond acceptors (Lipinski definition) is 2. The van der Waals surface area contributed by atoms with Crippen molar-refractivity contribution >= 4 is 39.8 Å². The third-order valence-corrected chi connectivity index (χ3v) is 4.21. The lowest BCUT2D eigenvalue weighted by molar-refractivity contribution is 0.0697. The van der Waals surface area contributed by atoms with Gasteiger partial charge in [0.1, 0.15) is 0 Å². The van der Waals surface area contributed by atoms with Gasteiger partial charge in [-0.2, -0.15) is 0 Å². The number of benzene rings is 3. The molecule has 3 heteroatoms. The van der Waals surface area contributed by atoms with Crippen LogP contribution in [0.25, 0.3) is 33.8 Å². The summed E-state index contributed by atoms with van der Waals surface area (Å²) in [5.41, 5.74) is 3.18. The Morgan fingerprint density at radius 2 is 1.68 bits per heavy atom. The maximum atomic E-state index is 11.1. The van der Waals surface area contributed by atoms with E-state index in [2.05, 4.69) is 11.1 Å². The minimum absolute atomic E-state index is 0.296. The molecule has 0 spiro atoms. The van der Waals surface area contributed by atoms with Gasteiger partial charge in [-0.3, -0.25) is 0 Å². The zero-order chi connectivity index (χ0) is 17.2. The van der Waals surface area contributed by atoms with E-state index in [-0.39, 0.29) is 0 Å². The third-order valence-electron chi connectivity index (χ3n) is 4.21. The van der Waals surface area contributed by atoms with Crippen molar-refractivity contribution in [3.05, 3.63) is 89.6 Å². The molecule has 1 heterocycles. The molecule has 120 valence electrons. The zero-order valence-corrected chi connectivity index (χ0v) is 13.4. The van der Waals surface area contributed by atoms with Gasteiger partial charge in [-0.1, -0.05) is 54.6 Å². The maximum Gasteiger partial charge on any atom is 0.335 e. The number of fused-ring (bicyclic) bond motifs is 2. The van der Waals surface area contributed by atoms with Gasteiger partial charge in [0.25, 0.3) is 0 Å². The Morgan fingerprint density at radius 3 is 2.56 bits per heavy atom. The van der Waals surface area contributed by atoms with E-state index in [0.29, 0.717) is 5.56 Å². The second-order valence-electron chi connectivity index (χ2n) is 5.85. The zero-order valence-electron chi connectivity index (χ0n) is 13.4. The average molecular weight is 325 g/mol. The number of aromatic carboxylic acids is 1. The van der Waals surface area contributed by atoms with Crippen LogP contribution in [0.15, 0.2) is 72.8 Å². The molecule has 1 N–H and O–H groups in total. The predicted octanol–water partition coefficient (Wildman–Crippen LogP) is 5.26. The summed E-state index contributed by atoms with van der Waals surface area (Å²) in [5, 5.41) is 12.2. The number of nitrogens with zero attached hydrogens (tertiary/aromatic N) is 1. The van der Waals surface area contributed by atoms with Crippen LogP contribution in [-0.2, 0) is 0 Å². The van der Waals surface area contributed by atoms with Gasteiger partial charge < -0.3 is 5.11 Å². The molecule has 0 aliphatic carbocycles. The molecule has 0 fully saturated rings. The molecule has 0 bridgehead atoms. The minimum Gasteiger partial charge on any atom is -0.478 e. The molecule has 4 aromatic rings. The number of hydrogen-bond donors (Lipinski definition) is 1. The van der Waals surface area contributed by atoms with Gasteiger partial charge in [-0.15, -0.1) is 0 Å². The minimum atomic E-state index is -0.914. The van der Waals surface area contributed by atoms with Crippen molar-refractivity contribution in [3.63, 3.8) is 0 Å². The average Bonchev–Trinajstić information content (AvgIpc) is 2.65. The number of pyridine rings is 1. The maximum absolute atomic E-state index is 11.1. The van der Waals surface area contributed by atoms with Crippen LogP contribution in [0.5, 0.6) is 0 Å². The lowest BCUT2D eigenvalue weighted by Gasteiger charge is -2.04. The molecular formula is C22H15NO2. The van der Waals surface area contributed by atoms with E-state index in [9.17, 15) is 4.79 Å². The van der Waals surface area contributed by atoms with E-state index < -0.39 is 5.97 Å². The van der Waals surface area contributed by atoms with Crippen LogP contribution in [0, 0.1) is 0 Å². The normalized spacial score (nSPS) is 11.4. The molecule has 0 unspecified atom stereocenters. The summed E-state index contributed by atoms with van der Waals surface area (Å²) in [6, 6.07) is 23.1. The first-order chi connectivity index (χ1) is 12.2. The first-order valence-electron chi connectivity index (χ1n) is 8.01. The third kappa shape index (κ3) is 3.00. The van der Waals surface area contributed by atoms with Crippen molar-refractivity contribution < 1.29 is 9.90 Å². The topological polar surface area (TPSA) is 50.2 Å². The quantitative estimate of drug-likeness (QED) is 0.559. The molecule has 4 rings (SSSR count). The van der Waals surface area contributed by atoms with Crippen molar-refractivity contribution in [1.29, 1.82) is 0 Å². The molecule has 0 aliphatic heterocycles. The molecule has 3 nitrogen and oxygen atoms in total. The van der Waals surface area contributed by atoms with Crippen LogP contribution in [0.2, 0.25) is 0 Å². The van der Waals surface area contributed by atoms with Gasteiger partial charge in [-0.05, 0) is 46.7 Å². The fourth-order valence-electron chi connectivity index (χ4n) is 2.94. The Balaban J connectivity index is 1.73. The summed E-state index contributed by atoms with van der Waals surface area (Å²) >= 11 is 0. The van der Waals surface area contributed by atoms with Crippen molar-refractivity contribution in [1.82, 2.24) is 4.98 Å². The van der Waals surface area contributed by atoms with Crippen molar-refractivity contribution in [3.8, 4) is 0 Å². The number of carboxylic acids is 1. The van der Waals surface area contributed by atoms with Gasteiger partial charge in [0.15, 0.2) is 0 Å². The Bertz CT molecular complexity index is 1130. The van der Waals surface area contributed by atoms with Gasteiger partial charge in [0.2, 0.25) is 0 Å². The molecule has 0 saturated heterocycles. The fourth-order valence-corrected chi connectivity index (χ4v) is 2.94. The second kappa shape index (κ2) is 6.21. The largest absolute Gasteiger partial charge is 0.478 e. The van der Waals surface area contributed by atoms with Gasteiger partial charge in [-0.25, -0.2) is 9.78 Å². The number of carbonyl (C=O) groups is 1. The summed E-state index contributed by atoms with van der Waals surface area (Å²) in [4.78, 5) is 15.8. The summed E-state index contributed by atoms with van der Waals surface area (Å²) in [5.74, 6) is -0.914. The molecule has 1 aromatic heterocycles. The molecule has 3 aromatic carbocycles. The summed E-state index contributed by atoms with van der Waals surface area (Å²) in [7, 11) is 0. The first-order valence-corrected chi connectivity index (χ1v) is 8.01. The van der Waals surface area contributed by atoms with Crippen LogP contribution >= 0.6 is 0 Å². The number of aromatic nitrogens is 1. The van der Waals surface area contributed by atoms with Crippen molar-refractivity contribution in [2.24, 2.45) is 0 Å². The Labute approximate surface area is 144 Å². The van der Waals surface area contributed by atoms with Crippen LogP contribution < -0.4 is 0 Å². The standard InChI is InChI=1S/C22H15NO2/c24-22(25)18-10-13-20-15(5-3-6-17(20)14-18)8-11-19-12-9-16-4-1-2-7-21(16)23-19/h1-14H,(H,24,25)/b11-8+. The number of carboxylic acid groups (broad SMARTS) is 1. The molecule has 0 saturated carbocycles. The van der Waals surface area contributed by atoms with Crippen LogP contribution in [-0.4, -0.2) is 16.1 Å². The first kappa shape index (κ1) is 15.1. The SMILES string of the molecule is O=C(O)c1ccc2c(/C=C/c3ccc4ccccc4n3)cccc2c1. The highest BCUT2D eigenvalue weighted by atomic mass is 16.4. The monoisotopic (exact) mass is 325 g/mol. The number of para-hydroxylation sites is 1. The summed E-state index contributed by atoms with van der Waals surface area (Å²) in [6.45, 7) is 0. The van der Waals surface area contributed by atoms with Crippen LogP contribution in [0.1, 0.15) is 21.6 Å². The van der Waals surface area contributed by atoms with E-state index in [4.69, 9.17) is 5.11 Å². The second-order valence-corrected chi connectivity index (χ2v) is 5.85. The molecular weight excluding hydrogens is 310 g/mol. The molecule has 0 radical (unpaired) electrons. The highest BCUT2D eigenvalue weighted by molar-refractivity contribution is 5.98. The van der Waals surface area contributed by atoms with Gasteiger partial charge in [0.05, 0.1) is 16.8 Å². The highest BCUT2D eigenvalue weighted by Crippen LogP contribution is 2.22. The van der Waals surface area contributed by atoms with Gasteiger partial charge in [0, 0.05) is 5.39 Å². The van der Waals surface area contributed by atoms with Crippen LogP contribution in [0.4, 0.5) is 0 Å². The lowest BCUT2D eigenvalue weighted by atomic mass is 10.0. The summed E-state index contributed by atoms with van der Waals surface area (Å²) < 4.78 is 0. The smallest absolute Gasteiger partial charge is 0.335 e. The molecule has 0 atom stereocenters. The Hall–Kier alpha value is -3.46. The predicted molar refractivity (Wildman–Crippen MR) is 102 cm³/mol. The van der Waals surface area contributed by atoms with Gasteiger partial charge >= 0.3 is 5.97 Å². The Kier molecular flexibility index (Phi) is 3.75.